The van der Waals surface area contributed by atoms with Gasteiger partial charge in [0.25, 0.3) is 0 Å². The van der Waals surface area contributed by atoms with Crippen molar-refractivity contribution < 1.29 is 18.0 Å². The number of hydrogen-bond donors (Lipinski definition) is 1. The van der Waals surface area contributed by atoms with Crippen LogP contribution in [0.3, 0.4) is 0 Å². The Morgan fingerprint density at radius 2 is 1.36 bits per heavy atom. The van der Waals surface area contributed by atoms with E-state index in [1.54, 1.807) is 48.5 Å². The van der Waals surface area contributed by atoms with Crippen LogP contribution < -0.4 is 5.32 Å². The van der Waals surface area contributed by atoms with Gasteiger partial charge in [-0.05, 0) is 11.1 Å². The minimum atomic E-state index is -4.48. The maximum absolute atomic E-state index is 13.6. The Morgan fingerprint density at radius 3 is 1.77 bits per heavy atom. The fourth-order valence-corrected chi connectivity index (χ4v) is 2.47. The molecule has 116 valence electrons. The van der Waals surface area contributed by atoms with Gasteiger partial charge in [-0.15, -0.1) is 0 Å². The van der Waals surface area contributed by atoms with Crippen molar-refractivity contribution in [3.63, 3.8) is 0 Å². The molecule has 1 N–H and O–H groups in total. The van der Waals surface area contributed by atoms with Crippen LogP contribution in [0.5, 0.6) is 0 Å². The van der Waals surface area contributed by atoms with E-state index in [1.165, 1.54) is 19.1 Å². The summed E-state index contributed by atoms with van der Waals surface area (Å²) in [6.45, 7) is 1.22. The number of amides is 1. The van der Waals surface area contributed by atoms with Crippen LogP contribution in [0.15, 0.2) is 60.7 Å². The third-order valence-electron chi connectivity index (χ3n) is 3.36. The topological polar surface area (TPSA) is 29.1 Å². The Labute approximate surface area is 127 Å². The maximum Gasteiger partial charge on any atom is 0.398 e. The van der Waals surface area contributed by atoms with Crippen LogP contribution in [-0.2, 0) is 4.79 Å². The van der Waals surface area contributed by atoms with Crippen molar-refractivity contribution in [1.29, 1.82) is 0 Å². The molecule has 0 aliphatic rings. The van der Waals surface area contributed by atoms with Gasteiger partial charge in [0.2, 0.25) is 5.91 Å². The maximum atomic E-state index is 13.6. The third kappa shape index (κ3) is 3.87. The minimum absolute atomic E-state index is 0.123. The van der Waals surface area contributed by atoms with E-state index in [9.17, 15) is 18.0 Å². The van der Waals surface area contributed by atoms with Gasteiger partial charge >= 0.3 is 6.18 Å². The van der Waals surface area contributed by atoms with Gasteiger partial charge in [0.05, 0.1) is 6.04 Å². The molecule has 0 saturated heterocycles. The minimum Gasteiger partial charge on any atom is -0.349 e. The molecule has 1 amide bonds. The van der Waals surface area contributed by atoms with E-state index < -0.39 is 24.0 Å². The van der Waals surface area contributed by atoms with E-state index >= 15 is 0 Å². The summed E-state index contributed by atoms with van der Waals surface area (Å²) in [5.74, 6) is -2.31. The second-order valence-corrected chi connectivity index (χ2v) is 5.02. The smallest absolute Gasteiger partial charge is 0.349 e. The monoisotopic (exact) mass is 307 g/mol. The highest BCUT2D eigenvalue weighted by atomic mass is 19.4. The molecule has 0 saturated carbocycles. The summed E-state index contributed by atoms with van der Waals surface area (Å²) in [6.07, 6.45) is -4.48. The van der Waals surface area contributed by atoms with Gasteiger partial charge in [-0.1, -0.05) is 60.7 Å². The van der Waals surface area contributed by atoms with E-state index in [1.807, 2.05) is 0 Å². The number of benzene rings is 2. The quantitative estimate of drug-likeness (QED) is 0.900. The third-order valence-corrected chi connectivity index (χ3v) is 3.36. The molecule has 0 fully saturated rings. The van der Waals surface area contributed by atoms with Crippen LogP contribution in [0.4, 0.5) is 13.2 Å². The molecule has 0 radical (unpaired) electrons. The highest BCUT2D eigenvalue weighted by Gasteiger charge is 2.46. The molecular formula is C17H16F3NO. The lowest BCUT2D eigenvalue weighted by Gasteiger charge is -2.30. The molecule has 0 heterocycles. The summed E-state index contributed by atoms with van der Waals surface area (Å²) in [7, 11) is 0. The second kappa shape index (κ2) is 6.64. The van der Waals surface area contributed by atoms with Crippen molar-refractivity contribution in [3.05, 3.63) is 71.8 Å². The van der Waals surface area contributed by atoms with Gasteiger partial charge < -0.3 is 5.32 Å². The lowest BCUT2D eigenvalue weighted by atomic mass is 9.86. The number of alkyl halides is 3. The van der Waals surface area contributed by atoms with E-state index in [-0.39, 0.29) is 5.56 Å². The lowest BCUT2D eigenvalue weighted by Crippen LogP contribution is -2.37. The molecule has 2 nitrogen and oxygen atoms in total. The molecule has 0 aliphatic heterocycles. The van der Waals surface area contributed by atoms with Crippen LogP contribution in [0.25, 0.3) is 0 Å². The van der Waals surface area contributed by atoms with Gasteiger partial charge in [-0.2, -0.15) is 13.2 Å². The van der Waals surface area contributed by atoms with Crippen molar-refractivity contribution >= 4 is 5.91 Å². The number of halogens is 3. The standard InChI is InChI=1S/C17H16F3NO/c1-12(22)21-16(14-10-6-3-7-11-14)15(17(18,19)20)13-8-4-2-5-9-13/h2-11,15-16H,1H3,(H,21,22)/t15-,16-/m0/s1. The first-order valence-electron chi connectivity index (χ1n) is 6.83. The molecule has 0 unspecified atom stereocenters. The first kappa shape index (κ1) is 16.1. The summed E-state index contributed by atoms with van der Waals surface area (Å²) < 4.78 is 40.9. The molecule has 2 aromatic carbocycles. The molecule has 5 heteroatoms. The van der Waals surface area contributed by atoms with Crippen molar-refractivity contribution in [1.82, 2.24) is 5.32 Å². The molecule has 0 aliphatic carbocycles. The largest absolute Gasteiger partial charge is 0.398 e. The SMILES string of the molecule is CC(=O)N[C@@H](c1ccccc1)[C@H](c1ccccc1)C(F)(F)F. The molecular weight excluding hydrogens is 291 g/mol. The van der Waals surface area contributed by atoms with Crippen LogP contribution in [0, 0.1) is 0 Å². The Morgan fingerprint density at radius 1 is 0.909 bits per heavy atom. The predicted octanol–water partition coefficient (Wildman–Crippen LogP) is 4.21. The van der Waals surface area contributed by atoms with E-state index in [4.69, 9.17) is 0 Å². The molecule has 0 spiro atoms. The van der Waals surface area contributed by atoms with Crippen molar-refractivity contribution in [2.45, 2.75) is 25.1 Å². The second-order valence-electron chi connectivity index (χ2n) is 5.02. The summed E-state index contributed by atoms with van der Waals surface area (Å²) in [5, 5.41) is 2.44. The summed E-state index contributed by atoms with van der Waals surface area (Å²) in [5.41, 5.74) is 0.543. The number of carbonyl (C=O) groups excluding carboxylic acids is 1. The van der Waals surface area contributed by atoms with Crippen LogP contribution >= 0.6 is 0 Å². The molecule has 2 aromatic rings. The number of rotatable bonds is 4. The molecule has 22 heavy (non-hydrogen) atoms. The highest BCUT2D eigenvalue weighted by Crippen LogP contribution is 2.43. The van der Waals surface area contributed by atoms with Gasteiger partial charge in [-0.25, -0.2) is 0 Å². The van der Waals surface area contributed by atoms with Crippen LogP contribution in [0.2, 0.25) is 0 Å². The van der Waals surface area contributed by atoms with Gasteiger partial charge in [-0.3, -0.25) is 4.79 Å². The van der Waals surface area contributed by atoms with Gasteiger partial charge in [0, 0.05) is 6.92 Å². The van der Waals surface area contributed by atoms with E-state index in [2.05, 4.69) is 5.32 Å². The van der Waals surface area contributed by atoms with E-state index in [0.717, 1.165) is 0 Å². The Balaban J connectivity index is 2.51. The zero-order valence-corrected chi connectivity index (χ0v) is 12.0. The predicted molar refractivity (Wildman–Crippen MR) is 78.2 cm³/mol. The number of hydrogen-bond acceptors (Lipinski definition) is 1. The summed E-state index contributed by atoms with van der Waals surface area (Å²) >= 11 is 0. The normalized spacial score (nSPS) is 14.2. The van der Waals surface area contributed by atoms with Gasteiger partial charge in [0.1, 0.15) is 5.92 Å². The number of nitrogens with one attached hydrogen (secondary N) is 1. The first-order chi connectivity index (χ1) is 10.4. The Kier molecular flexibility index (Phi) is 4.85. The summed E-state index contributed by atoms with van der Waals surface area (Å²) in [4.78, 5) is 11.4. The molecule has 2 atom stereocenters. The average Bonchev–Trinajstić information content (AvgIpc) is 2.47. The molecule has 0 aromatic heterocycles. The fraction of sp³-hybridized carbons (Fsp3) is 0.235. The molecule has 2 rings (SSSR count). The highest BCUT2D eigenvalue weighted by molar-refractivity contribution is 5.73. The summed E-state index contributed by atoms with van der Waals surface area (Å²) in [6, 6.07) is 14.7. The van der Waals surface area contributed by atoms with E-state index in [0.29, 0.717) is 5.56 Å². The fourth-order valence-electron chi connectivity index (χ4n) is 2.47. The van der Waals surface area contributed by atoms with Crippen molar-refractivity contribution in [3.8, 4) is 0 Å². The Hall–Kier alpha value is -2.30. The zero-order valence-electron chi connectivity index (χ0n) is 12.0. The van der Waals surface area contributed by atoms with Crippen molar-refractivity contribution in [2.75, 3.05) is 0 Å². The molecule has 0 bridgehead atoms. The van der Waals surface area contributed by atoms with Gasteiger partial charge in [0.15, 0.2) is 0 Å². The average molecular weight is 307 g/mol. The van der Waals surface area contributed by atoms with Crippen molar-refractivity contribution in [2.24, 2.45) is 0 Å². The first-order valence-corrected chi connectivity index (χ1v) is 6.83. The van der Waals surface area contributed by atoms with Crippen LogP contribution in [-0.4, -0.2) is 12.1 Å². The zero-order chi connectivity index (χ0) is 16.2. The lowest BCUT2D eigenvalue weighted by molar-refractivity contribution is -0.158. The van der Waals surface area contributed by atoms with Crippen LogP contribution in [0.1, 0.15) is 30.0 Å². The Bertz CT molecular complexity index is 611. The number of carbonyl (C=O) groups is 1.